The van der Waals surface area contributed by atoms with Crippen molar-refractivity contribution in [1.29, 1.82) is 5.26 Å². The fourth-order valence-corrected chi connectivity index (χ4v) is 1.96. The Morgan fingerprint density at radius 1 is 1.30 bits per heavy atom. The summed E-state index contributed by atoms with van der Waals surface area (Å²) in [5.41, 5.74) is -1.59. The summed E-state index contributed by atoms with van der Waals surface area (Å²) in [5.74, 6) is -1.72. The molecule has 23 heavy (non-hydrogen) atoms. The molecule has 0 N–H and O–H groups in total. The number of carboxylic acid groups (broad SMARTS) is 1. The summed E-state index contributed by atoms with van der Waals surface area (Å²) in [7, 11) is 0. The van der Waals surface area contributed by atoms with Crippen molar-refractivity contribution in [2.75, 3.05) is 0 Å². The minimum absolute atomic E-state index is 0.00277. The number of nitriles is 1. The first kappa shape index (κ1) is 16.6. The van der Waals surface area contributed by atoms with Gasteiger partial charge in [-0.1, -0.05) is 11.6 Å². The van der Waals surface area contributed by atoms with Crippen molar-refractivity contribution < 1.29 is 27.5 Å². The molecule has 0 fully saturated rings. The first-order valence-electron chi connectivity index (χ1n) is 6.02. The number of aliphatic carboxylic acids is 1. The van der Waals surface area contributed by atoms with E-state index in [4.69, 9.17) is 21.3 Å². The van der Waals surface area contributed by atoms with Crippen molar-refractivity contribution in [2.45, 2.75) is 6.18 Å². The molecule has 118 valence electrons. The van der Waals surface area contributed by atoms with Crippen LogP contribution < -0.4 is 5.11 Å². The van der Waals surface area contributed by atoms with Gasteiger partial charge in [0.15, 0.2) is 0 Å². The molecule has 0 spiro atoms. The molecule has 0 amide bonds. The van der Waals surface area contributed by atoms with Gasteiger partial charge in [-0.2, -0.15) is 18.4 Å². The maximum absolute atomic E-state index is 12.7. The number of alkyl halides is 3. The average molecular weight is 341 g/mol. The standard InChI is InChI=1S/C15H7ClF3NO3/c16-12-3-1-9(15(17,18)19)6-11(12)13-4-2-10(23-13)5-8(7-20)14(21)22/h1-6H,(H,21,22)/p-1/b8-5+. The van der Waals surface area contributed by atoms with Crippen LogP contribution in [0.5, 0.6) is 0 Å². The second-order valence-electron chi connectivity index (χ2n) is 4.35. The van der Waals surface area contributed by atoms with E-state index < -0.39 is 23.3 Å². The number of nitrogens with zero attached hydrogens (tertiary/aromatic N) is 1. The van der Waals surface area contributed by atoms with Gasteiger partial charge in [0, 0.05) is 11.6 Å². The Balaban J connectivity index is 2.46. The third kappa shape index (κ3) is 3.73. The van der Waals surface area contributed by atoms with E-state index in [1.54, 1.807) is 0 Å². The lowest BCUT2D eigenvalue weighted by atomic mass is 10.1. The van der Waals surface area contributed by atoms with Gasteiger partial charge >= 0.3 is 6.18 Å². The fourth-order valence-electron chi connectivity index (χ4n) is 1.74. The summed E-state index contributed by atoms with van der Waals surface area (Å²) in [6.07, 6.45) is -3.64. The van der Waals surface area contributed by atoms with Crippen molar-refractivity contribution in [3.63, 3.8) is 0 Å². The summed E-state index contributed by atoms with van der Waals surface area (Å²) in [6.45, 7) is 0. The Bertz CT molecular complexity index is 831. The SMILES string of the molecule is N#C/C(=C\c1ccc(-c2cc(C(F)(F)F)ccc2Cl)o1)C(=O)[O-]. The zero-order valence-electron chi connectivity index (χ0n) is 11.1. The third-order valence-electron chi connectivity index (χ3n) is 2.81. The molecule has 1 aromatic carbocycles. The molecule has 1 heterocycles. The smallest absolute Gasteiger partial charge is 0.416 e. The van der Waals surface area contributed by atoms with E-state index >= 15 is 0 Å². The highest BCUT2D eigenvalue weighted by Gasteiger charge is 2.31. The van der Waals surface area contributed by atoms with Gasteiger partial charge in [-0.05, 0) is 30.3 Å². The fraction of sp³-hybridized carbons (Fsp3) is 0.0667. The van der Waals surface area contributed by atoms with Crippen molar-refractivity contribution in [3.8, 4) is 17.4 Å². The Morgan fingerprint density at radius 2 is 2.00 bits per heavy atom. The van der Waals surface area contributed by atoms with Gasteiger partial charge in [0.1, 0.15) is 17.6 Å². The predicted molar refractivity (Wildman–Crippen MR) is 72.8 cm³/mol. The summed E-state index contributed by atoms with van der Waals surface area (Å²) in [4.78, 5) is 10.6. The largest absolute Gasteiger partial charge is 0.544 e. The van der Waals surface area contributed by atoms with Crippen LogP contribution in [0.15, 0.2) is 40.3 Å². The van der Waals surface area contributed by atoms with Gasteiger partial charge < -0.3 is 14.3 Å². The van der Waals surface area contributed by atoms with Crippen molar-refractivity contribution in [1.82, 2.24) is 0 Å². The maximum atomic E-state index is 12.7. The van der Waals surface area contributed by atoms with Crippen LogP contribution in [0.3, 0.4) is 0 Å². The van der Waals surface area contributed by atoms with Gasteiger partial charge in [0.25, 0.3) is 0 Å². The summed E-state index contributed by atoms with van der Waals surface area (Å²) in [6, 6.07) is 6.75. The van der Waals surface area contributed by atoms with E-state index in [1.807, 2.05) is 0 Å². The normalized spacial score (nSPS) is 12.0. The van der Waals surface area contributed by atoms with Crippen molar-refractivity contribution >= 4 is 23.6 Å². The number of hydrogen-bond donors (Lipinski definition) is 0. The van der Waals surface area contributed by atoms with Crippen LogP contribution in [0.4, 0.5) is 13.2 Å². The lowest BCUT2D eigenvalue weighted by molar-refractivity contribution is -0.298. The monoisotopic (exact) mass is 340 g/mol. The van der Waals surface area contributed by atoms with E-state index in [0.717, 1.165) is 24.3 Å². The van der Waals surface area contributed by atoms with Gasteiger partial charge in [-0.3, -0.25) is 0 Å². The summed E-state index contributed by atoms with van der Waals surface area (Å²) < 4.78 is 43.4. The zero-order valence-corrected chi connectivity index (χ0v) is 11.9. The lowest BCUT2D eigenvalue weighted by Crippen LogP contribution is -2.23. The Morgan fingerprint density at radius 3 is 2.57 bits per heavy atom. The first-order valence-corrected chi connectivity index (χ1v) is 6.40. The van der Waals surface area contributed by atoms with E-state index in [2.05, 4.69) is 0 Å². The quantitative estimate of drug-likeness (QED) is 0.634. The highest BCUT2D eigenvalue weighted by atomic mass is 35.5. The number of carbonyl (C=O) groups excluding carboxylic acids is 1. The van der Waals surface area contributed by atoms with Crippen LogP contribution in [0.2, 0.25) is 5.02 Å². The Labute approximate surface area is 133 Å². The number of hydrogen-bond acceptors (Lipinski definition) is 4. The molecule has 4 nitrogen and oxygen atoms in total. The van der Waals surface area contributed by atoms with Crippen LogP contribution in [0, 0.1) is 11.3 Å². The lowest BCUT2D eigenvalue weighted by Gasteiger charge is -2.09. The van der Waals surface area contributed by atoms with Crippen LogP contribution >= 0.6 is 11.6 Å². The molecule has 0 unspecified atom stereocenters. The van der Waals surface area contributed by atoms with E-state index in [9.17, 15) is 23.1 Å². The summed E-state index contributed by atoms with van der Waals surface area (Å²) >= 11 is 5.87. The number of carbonyl (C=O) groups is 1. The van der Waals surface area contributed by atoms with E-state index in [0.29, 0.717) is 0 Å². The molecule has 2 rings (SSSR count). The maximum Gasteiger partial charge on any atom is 0.416 e. The van der Waals surface area contributed by atoms with Crippen LogP contribution in [0.25, 0.3) is 17.4 Å². The van der Waals surface area contributed by atoms with E-state index in [-0.39, 0.29) is 22.1 Å². The molecular weight excluding hydrogens is 335 g/mol. The second-order valence-corrected chi connectivity index (χ2v) is 4.76. The van der Waals surface area contributed by atoms with Crippen LogP contribution in [-0.2, 0) is 11.0 Å². The van der Waals surface area contributed by atoms with E-state index in [1.165, 1.54) is 18.2 Å². The van der Waals surface area contributed by atoms with Crippen LogP contribution in [0.1, 0.15) is 11.3 Å². The minimum Gasteiger partial charge on any atom is -0.544 e. The molecule has 0 saturated heterocycles. The van der Waals surface area contributed by atoms with Crippen LogP contribution in [-0.4, -0.2) is 5.97 Å². The number of furan rings is 1. The highest BCUT2D eigenvalue weighted by Crippen LogP contribution is 2.36. The summed E-state index contributed by atoms with van der Waals surface area (Å²) in [5, 5.41) is 19.3. The van der Waals surface area contributed by atoms with Gasteiger partial charge in [-0.15, -0.1) is 0 Å². The third-order valence-corrected chi connectivity index (χ3v) is 3.14. The van der Waals surface area contributed by atoms with Crippen molar-refractivity contribution in [3.05, 3.63) is 52.3 Å². The first-order chi connectivity index (χ1) is 10.7. The molecule has 0 radical (unpaired) electrons. The molecule has 0 saturated carbocycles. The number of rotatable bonds is 3. The molecule has 0 atom stereocenters. The second kappa shape index (κ2) is 6.18. The molecule has 0 bridgehead atoms. The molecule has 1 aromatic heterocycles. The molecule has 0 aliphatic carbocycles. The number of benzene rings is 1. The number of carboxylic acids is 1. The average Bonchev–Trinajstić information content (AvgIpc) is 2.92. The molecule has 8 heteroatoms. The van der Waals surface area contributed by atoms with Gasteiger partial charge in [0.05, 0.1) is 22.1 Å². The highest BCUT2D eigenvalue weighted by molar-refractivity contribution is 6.33. The number of halogens is 4. The molecule has 0 aliphatic heterocycles. The topological polar surface area (TPSA) is 77.1 Å². The van der Waals surface area contributed by atoms with Crippen molar-refractivity contribution in [2.24, 2.45) is 0 Å². The minimum atomic E-state index is -4.54. The molecular formula is C15H6ClF3NO3-. The molecule has 2 aromatic rings. The van der Waals surface area contributed by atoms with Gasteiger partial charge in [-0.25, -0.2) is 0 Å². The Hall–Kier alpha value is -2.72. The predicted octanol–water partition coefficient (Wildman–Crippen LogP) is 3.28. The van der Waals surface area contributed by atoms with Gasteiger partial charge in [0.2, 0.25) is 0 Å². The molecule has 0 aliphatic rings. The Kier molecular flexibility index (Phi) is 4.48. The zero-order chi connectivity index (χ0) is 17.2.